The van der Waals surface area contributed by atoms with E-state index in [1.54, 1.807) is 0 Å². The number of hydrogen-bond donors (Lipinski definition) is 2. The molecule has 0 aliphatic carbocycles. The Bertz CT molecular complexity index is 797. The van der Waals surface area contributed by atoms with E-state index in [-0.39, 0.29) is 6.07 Å². The number of halogens is 6. The molecular weight excluding hydrogens is 345 g/mol. The first kappa shape index (κ1) is 17.0. The van der Waals surface area contributed by atoms with Crippen LogP contribution in [0.4, 0.5) is 27.6 Å². The highest BCUT2D eigenvalue weighted by atomic mass is 35.5. The molecule has 0 saturated carbocycles. The maximum absolute atomic E-state index is 13.9. The standard InChI is InChI=1S/C14H7ClF5NO2/c15-4-11(23)21-9-1-5(6(16)3-10(9)22)12-7(17)2-8(18)13(19)14(12)20/h1-3,22H,4H2,(H,21,23). The van der Waals surface area contributed by atoms with Gasteiger partial charge in [-0.1, -0.05) is 0 Å². The number of amides is 1. The van der Waals surface area contributed by atoms with Gasteiger partial charge in [0.05, 0.1) is 11.3 Å². The molecule has 0 spiro atoms. The van der Waals surface area contributed by atoms with E-state index in [0.29, 0.717) is 12.1 Å². The summed E-state index contributed by atoms with van der Waals surface area (Å²) >= 11 is 5.25. The lowest BCUT2D eigenvalue weighted by Gasteiger charge is -2.12. The molecule has 2 aromatic carbocycles. The first-order valence-corrected chi connectivity index (χ1v) is 6.51. The number of hydrogen-bond acceptors (Lipinski definition) is 2. The molecular formula is C14H7ClF5NO2. The van der Waals surface area contributed by atoms with E-state index in [0.717, 1.165) is 0 Å². The van der Waals surface area contributed by atoms with Gasteiger partial charge in [-0.15, -0.1) is 11.6 Å². The number of alkyl halides is 1. The number of anilines is 1. The second-order valence-corrected chi connectivity index (χ2v) is 4.64. The van der Waals surface area contributed by atoms with Crippen LogP contribution in [0.3, 0.4) is 0 Å². The van der Waals surface area contributed by atoms with Crippen LogP contribution in [-0.4, -0.2) is 16.9 Å². The molecule has 0 bridgehead atoms. The van der Waals surface area contributed by atoms with Crippen LogP contribution in [0.15, 0.2) is 18.2 Å². The fourth-order valence-electron chi connectivity index (χ4n) is 1.85. The summed E-state index contributed by atoms with van der Waals surface area (Å²) in [6.45, 7) is 0. The van der Waals surface area contributed by atoms with Crippen LogP contribution in [0.5, 0.6) is 5.75 Å². The van der Waals surface area contributed by atoms with Crippen LogP contribution in [0.25, 0.3) is 11.1 Å². The number of carbonyl (C=O) groups is 1. The third-order valence-electron chi connectivity index (χ3n) is 2.86. The number of phenolic OH excluding ortho intramolecular Hbond substituents is 1. The van der Waals surface area contributed by atoms with Crippen molar-refractivity contribution in [2.24, 2.45) is 0 Å². The Morgan fingerprint density at radius 2 is 1.65 bits per heavy atom. The van der Waals surface area contributed by atoms with Gasteiger partial charge < -0.3 is 10.4 Å². The highest BCUT2D eigenvalue weighted by Gasteiger charge is 2.24. The number of nitrogens with one attached hydrogen (secondary N) is 1. The maximum atomic E-state index is 13.9. The van der Waals surface area contributed by atoms with Gasteiger partial charge in [-0.25, -0.2) is 22.0 Å². The zero-order valence-corrected chi connectivity index (χ0v) is 11.8. The Labute approximate surface area is 131 Å². The van der Waals surface area contributed by atoms with Gasteiger partial charge in [0.2, 0.25) is 5.91 Å². The van der Waals surface area contributed by atoms with Crippen LogP contribution in [0.1, 0.15) is 0 Å². The fourth-order valence-corrected chi connectivity index (χ4v) is 1.92. The molecule has 0 radical (unpaired) electrons. The lowest BCUT2D eigenvalue weighted by Crippen LogP contribution is -2.13. The summed E-state index contributed by atoms with van der Waals surface area (Å²) in [7, 11) is 0. The van der Waals surface area contributed by atoms with Crippen molar-refractivity contribution in [3.63, 3.8) is 0 Å². The minimum atomic E-state index is -1.99. The van der Waals surface area contributed by atoms with E-state index in [4.69, 9.17) is 11.6 Å². The van der Waals surface area contributed by atoms with Crippen LogP contribution in [0, 0.1) is 29.1 Å². The molecule has 0 heterocycles. The molecule has 0 aliphatic heterocycles. The summed E-state index contributed by atoms with van der Waals surface area (Å²) in [5.41, 5.74) is -2.40. The Kier molecular flexibility index (Phi) is 4.74. The minimum Gasteiger partial charge on any atom is -0.506 e. The molecule has 9 heteroatoms. The van der Waals surface area contributed by atoms with Crippen molar-refractivity contribution in [3.8, 4) is 16.9 Å². The average Bonchev–Trinajstić information content (AvgIpc) is 2.49. The SMILES string of the molecule is O=C(CCl)Nc1cc(-c2c(F)cc(F)c(F)c2F)c(F)cc1O. The quantitative estimate of drug-likeness (QED) is 0.289. The van der Waals surface area contributed by atoms with Gasteiger partial charge in [0.1, 0.15) is 23.3 Å². The Morgan fingerprint density at radius 3 is 2.26 bits per heavy atom. The van der Waals surface area contributed by atoms with Crippen LogP contribution in [-0.2, 0) is 4.79 Å². The van der Waals surface area contributed by atoms with E-state index in [1.807, 2.05) is 0 Å². The van der Waals surface area contributed by atoms with Crippen LogP contribution < -0.4 is 5.32 Å². The van der Waals surface area contributed by atoms with Gasteiger partial charge in [-0.3, -0.25) is 4.79 Å². The van der Waals surface area contributed by atoms with E-state index in [2.05, 4.69) is 5.32 Å². The normalized spacial score (nSPS) is 10.7. The monoisotopic (exact) mass is 351 g/mol. The first-order chi connectivity index (χ1) is 10.8. The van der Waals surface area contributed by atoms with Gasteiger partial charge in [-0.2, -0.15) is 0 Å². The Morgan fingerprint density at radius 1 is 1.00 bits per heavy atom. The number of benzene rings is 2. The van der Waals surface area contributed by atoms with E-state index >= 15 is 0 Å². The Balaban J connectivity index is 2.67. The molecule has 2 rings (SSSR count). The lowest BCUT2D eigenvalue weighted by atomic mass is 10.0. The number of aromatic hydroxyl groups is 1. The summed E-state index contributed by atoms with van der Waals surface area (Å²) in [5.74, 6) is -10.6. The second kappa shape index (κ2) is 6.41. The largest absolute Gasteiger partial charge is 0.506 e. The van der Waals surface area contributed by atoms with Gasteiger partial charge in [0.15, 0.2) is 17.5 Å². The first-order valence-electron chi connectivity index (χ1n) is 5.98. The molecule has 2 aromatic rings. The van der Waals surface area contributed by atoms with Crippen molar-refractivity contribution in [1.29, 1.82) is 0 Å². The van der Waals surface area contributed by atoms with Crippen molar-refractivity contribution >= 4 is 23.2 Å². The summed E-state index contributed by atoms with van der Waals surface area (Å²) < 4.78 is 67.6. The fraction of sp³-hybridized carbons (Fsp3) is 0.0714. The highest BCUT2D eigenvalue weighted by molar-refractivity contribution is 6.29. The number of rotatable bonds is 3. The summed E-state index contributed by atoms with van der Waals surface area (Å²) in [5, 5.41) is 11.6. The van der Waals surface area contributed by atoms with E-state index in [1.165, 1.54) is 0 Å². The smallest absolute Gasteiger partial charge is 0.239 e. The molecule has 0 aliphatic rings. The summed E-state index contributed by atoms with van der Waals surface area (Å²) in [6.07, 6.45) is 0. The van der Waals surface area contributed by atoms with E-state index in [9.17, 15) is 31.9 Å². The predicted octanol–water partition coefficient (Wildman–Crippen LogP) is 3.93. The third-order valence-corrected chi connectivity index (χ3v) is 3.11. The Hall–Kier alpha value is -2.35. The molecule has 0 atom stereocenters. The topological polar surface area (TPSA) is 49.3 Å². The number of phenols is 1. The average molecular weight is 352 g/mol. The minimum absolute atomic E-state index is 0.0526. The van der Waals surface area contributed by atoms with Crippen molar-refractivity contribution in [2.45, 2.75) is 0 Å². The van der Waals surface area contributed by atoms with Gasteiger partial charge in [-0.05, 0) is 6.07 Å². The summed E-state index contributed by atoms with van der Waals surface area (Å²) in [6, 6.07) is 1.18. The second-order valence-electron chi connectivity index (χ2n) is 4.37. The molecule has 3 nitrogen and oxygen atoms in total. The zero-order chi connectivity index (χ0) is 17.3. The van der Waals surface area contributed by atoms with Crippen molar-refractivity contribution in [1.82, 2.24) is 0 Å². The molecule has 23 heavy (non-hydrogen) atoms. The van der Waals surface area contributed by atoms with Gasteiger partial charge in [0.25, 0.3) is 0 Å². The van der Waals surface area contributed by atoms with Crippen molar-refractivity contribution in [3.05, 3.63) is 47.3 Å². The molecule has 1 amide bonds. The lowest BCUT2D eigenvalue weighted by molar-refractivity contribution is -0.113. The van der Waals surface area contributed by atoms with E-state index < -0.39 is 63.4 Å². The molecule has 0 aromatic heterocycles. The third kappa shape index (κ3) is 3.21. The van der Waals surface area contributed by atoms with Crippen LogP contribution in [0.2, 0.25) is 0 Å². The molecule has 0 fully saturated rings. The predicted molar refractivity (Wildman–Crippen MR) is 72.7 cm³/mol. The number of carbonyl (C=O) groups excluding carboxylic acids is 1. The summed E-state index contributed by atoms with van der Waals surface area (Å²) in [4.78, 5) is 11.2. The van der Waals surface area contributed by atoms with Crippen molar-refractivity contribution in [2.75, 3.05) is 11.2 Å². The molecule has 0 unspecified atom stereocenters. The molecule has 122 valence electrons. The zero-order valence-electron chi connectivity index (χ0n) is 11.1. The van der Waals surface area contributed by atoms with Gasteiger partial charge in [0, 0.05) is 17.7 Å². The van der Waals surface area contributed by atoms with Crippen molar-refractivity contribution < 1.29 is 31.9 Å². The molecule has 0 saturated heterocycles. The highest BCUT2D eigenvalue weighted by Crippen LogP contribution is 2.36. The molecule has 2 N–H and O–H groups in total. The van der Waals surface area contributed by atoms with Crippen LogP contribution >= 0.6 is 11.6 Å². The van der Waals surface area contributed by atoms with Gasteiger partial charge >= 0.3 is 0 Å². The maximum Gasteiger partial charge on any atom is 0.239 e.